The van der Waals surface area contributed by atoms with E-state index >= 15 is 0 Å². The Morgan fingerprint density at radius 3 is 2.47 bits per heavy atom. The molecule has 0 radical (unpaired) electrons. The lowest BCUT2D eigenvalue weighted by Gasteiger charge is -2.22. The average molecular weight is 232 g/mol. The highest BCUT2D eigenvalue weighted by Gasteiger charge is 2.24. The van der Waals surface area contributed by atoms with Gasteiger partial charge >= 0.3 is 0 Å². The monoisotopic (exact) mass is 231 g/mol. The van der Waals surface area contributed by atoms with Crippen molar-refractivity contribution in [2.45, 2.75) is 45.4 Å². The van der Waals surface area contributed by atoms with Crippen LogP contribution in [0.5, 0.6) is 0 Å². The van der Waals surface area contributed by atoms with Crippen LogP contribution in [-0.2, 0) is 4.79 Å². The quantitative estimate of drug-likeness (QED) is 0.670. The molecule has 15 heavy (non-hydrogen) atoms. The summed E-state index contributed by atoms with van der Waals surface area (Å²) in [6.45, 7) is 8.07. The third-order valence-corrected chi connectivity index (χ3v) is 3.55. The number of rotatable bonds is 2. The molecule has 2 atom stereocenters. The highest BCUT2D eigenvalue weighted by Crippen LogP contribution is 2.24. The van der Waals surface area contributed by atoms with Crippen LogP contribution in [0.1, 0.15) is 40.0 Å². The average Bonchev–Trinajstić information content (AvgIpc) is 2.41. The van der Waals surface area contributed by atoms with Gasteiger partial charge in [-0.3, -0.25) is 4.79 Å². The summed E-state index contributed by atoms with van der Waals surface area (Å²) in [6.07, 6.45) is 3.50. The minimum absolute atomic E-state index is 0.0982. The van der Waals surface area contributed by atoms with Gasteiger partial charge in [-0.2, -0.15) is 0 Å². The molecule has 0 bridgehead atoms. The van der Waals surface area contributed by atoms with E-state index in [1.165, 1.54) is 6.42 Å². The van der Waals surface area contributed by atoms with Gasteiger partial charge in [-0.1, -0.05) is 13.8 Å². The Morgan fingerprint density at radius 2 is 1.93 bits per heavy atom. The largest absolute Gasteiger partial charge is 0.341 e. The van der Waals surface area contributed by atoms with Gasteiger partial charge in [0.1, 0.15) is 5.38 Å². The lowest BCUT2D eigenvalue weighted by atomic mass is 9.89. The van der Waals surface area contributed by atoms with E-state index in [2.05, 4.69) is 13.8 Å². The first-order chi connectivity index (χ1) is 7.02. The molecule has 1 rings (SSSR count). The van der Waals surface area contributed by atoms with Crippen molar-refractivity contribution in [1.82, 2.24) is 4.90 Å². The van der Waals surface area contributed by atoms with E-state index < -0.39 is 0 Å². The van der Waals surface area contributed by atoms with Gasteiger partial charge in [0.25, 0.3) is 0 Å². The van der Waals surface area contributed by atoms with Crippen molar-refractivity contribution in [3.8, 4) is 0 Å². The predicted molar refractivity (Wildman–Crippen MR) is 64.1 cm³/mol. The second-order valence-electron chi connectivity index (χ2n) is 4.88. The minimum Gasteiger partial charge on any atom is -0.341 e. The van der Waals surface area contributed by atoms with Crippen LogP contribution in [0.3, 0.4) is 0 Å². The fourth-order valence-electron chi connectivity index (χ4n) is 2.26. The number of carbonyl (C=O) groups is 1. The molecule has 0 N–H and O–H groups in total. The molecular weight excluding hydrogens is 210 g/mol. The number of alkyl halides is 1. The van der Waals surface area contributed by atoms with Gasteiger partial charge in [-0.05, 0) is 38.0 Å². The summed E-state index contributed by atoms with van der Waals surface area (Å²) in [5, 5.41) is -0.374. The lowest BCUT2D eigenvalue weighted by molar-refractivity contribution is -0.130. The Labute approximate surface area is 98.0 Å². The fraction of sp³-hybridized carbons (Fsp3) is 0.917. The Kier molecular flexibility index (Phi) is 4.91. The van der Waals surface area contributed by atoms with Crippen LogP contribution in [0.4, 0.5) is 0 Å². The summed E-state index contributed by atoms with van der Waals surface area (Å²) < 4.78 is 0. The highest BCUT2D eigenvalue weighted by atomic mass is 35.5. The molecule has 88 valence electrons. The summed E-state index contributed by atoms with van der Waals surface area (Å²) in [5.41, 5.74) is 0. The maximum absolute atomic E-state index is 11.7. The molecule has 1 fully saturated rings. The van der Waals surface area contributed by atoms with Crippen LogP contribution in [0.25, 0.3) is 0 Å². The maximum Gasteiger partial charge on any atom is 0.240 e. The van der Waals surface area contributed by atoms with E-state index in [9.17, 15) is 4.79 Å². The van der Waals surface area contributed by atoms with Crippen LogP contribution < -0.4 is 0 Å². The molecule has 0 spiro atoms. The Hall–Kier alpha value is -0.240. The van der Waals surface area contributed by atoms with E-state index in [0.717, 1.165) is 37.8 Å². The maximum atomic E-state index is 11.7. The van der Waals surface area contributed by atoms with Gasteiger partial charge < -0.3 is 4.90 Å². The van der Waals surface area contributed by atoms with Crippen molar-refractivity contribution in [1.29, 1.82) is 0 Å². The molecule has 0 aromatic heterocycles. The third-order valence-electron chi connectivity index (χ3n) is 3.37. The van der Waals surface area contributed by atoms with Crippen LogP contribution >= 0.6 is 11.6 Å². The summed E-state index contributed by atoms with van der Waals surface area (Å²) in [4.78, 5) is 13.7. The second kappa shape index (κ2) is 5.74. The van der Waals surface area contributed by atoms with Crippen LogP contribution in [0.15, 0.2) is 0 Å². The molecule has 1 saturated heterocycles. The molecule has 3 heteroatoms. The summed E-state index contributed by atoms with van der Waals surface area (Å²) in [5.74, 6) is 1.60. The van der Waals surface area contributed by atoms with Crippen LogP contribution in [0.2, 0.25) is 0 Å². The first-order valence-corrected chi connectivity index (χ1v) is 6.39. The van der Waals surface area contributed by atoms with Crippen molar-refractivity contribution >= 4 is 17.5 Å². The van der Waals surface area contributed by atoms with Gasteiger partial charge in [0.15, 0.2) is 0 Å². The predicted octanol–water partition coefficient (Wildman–Crippen LogP) is 2.90. The normalized spacial score (nSPS) is 25.1. The van der Waals surface area contributed by atoms with Crippen molar-refractivity contribution in [2.24, 2.45) is 11.8 Å². The first-order valence-electron chi connectivity index (χ1n) is 5.95. The van der Waals surface area contributed by atoms with Crippen LogP contribution in [-0.4, -0.2) is 29.3 Å². The van der Waals surface area contributed by atoms with Crippen LogP contribution in [0, 0.1) is 11.8 Å². The number of hydrogen-bond donors (Lipinski definition) is 0. The van der Waals surface area contributed by atoms with Gasteiger partial charge in [-0.25, -0.2) is 0 Å². The smallest absolute Gasteiger partial charge is 0.240 e. The molecule has 0 aliphatic carbocycles. The second-order valence-corrected chi connectivity index (χ2v) is 5.53. The molecule has 1 amide bonds. The molecule has 0 aromatic rings. The van der Waals surface area contributed by atoms with Crippen molar-refractivity contribution in [3.05, 3.63) is 0 Å². The van der Waals surface area contributed by atoms with E-state index in [1.54, 1.807) is 6.92 Å². The molecule has 2 unspecified atom stereocenters. The lowest BCUT2D eigenvalue weighted by Crippen LogP contribution is -2.36. The zero-order valence-electron chi connectivity index (χ0n) is 10.0. The van der Waals surface area contributed by atoms with Gasteiger partial charge in [-0.15, -0.1) is 11.6 Å². The minimum atomic E-state index is -0.374. The number of carbonyl (C=O) groups excluding carboxylic acids is 1. The molecule has 0 saturated carbocycles. The molecule has 1 aliphatic rings. The molecule has 1 aliphatic heterocycles. The van der Waals surface area contributed by atoms with Gasteiger partial charge in [0, 0.05) is 13.1 Å². The SMILES string of the molecule is CC(Cl)C(=O)N1CCCC(C(C)C)CC1. The number of nitrogens with zero attached hydrogens (tertiary/aromatic N) is 1. The molecule has 1 heterocycles. The standard InChI is InChI=1S/C12H22ClNO/c1-9(2)11-5-4-7-14(8-6-11)12(15)10(3)13/h9-11H,4-8H2,1-3H3. The summed E-state index contributed by atoms with van der Waals surface area (Å²) >= 11 is 5.82. The van der Waals surface area contributed by atoms with E-state index in [4.69, 9.17) is 11.6 Å². The number of halogens is 1. The zero-order chi connectivity index (χ0) is 11.4. The van der Waals surface area contributed by atoms with E-state index in [0.29, 0.717) is 0 Å². The summed E-state index contributed by atoms with van der Waals surface area (Å²) in [7, 11) is 0. The van der Waals surface area contributed by atoms with Crippen molar-refractivity contribution in [2.75, 3.05) is 13.1 Å². The summed E-state index contributed by atoms with van der Waals surface area (Å²) in [6, 6.07) is 0. The highest BCUT2D eigenvalue weighted by molar-refractivity contribution is 6.30. The molecular formula is C12H22ClNO. The molecule has 0 aromatic carbocycles. The fourth-order valence-corrected chi connectivity index (χ4v) is 2.40. The Bertz CT molecular complexity index is 216. The molecule has 2 nitrogen and oxygen atoms in total. The Morgan fingerprint density at radius 1 is 1.27 bits per heavy atom. The zero-order valence-corrected chi connectivity index (χ0v) is 10.8. The Balaban J connectivity index is 2.49. The van der Waals surface area contributed by atoms with Crippen molar-refractivity contribution in [3.63, 3.8) is 0 Å². The topological polar surface area (TPSA) is 20.3 Å². The third kappa shape index (κ3) is 3.67. The first kappa shape index (κ1) is 12.8. The van der Waals surface area contributed by atoms with Crippen molar-refractivity contribution < 1.29 is 4.79 Å². The van der Waals surface area contributed by atoms with E-state index in [-0.39, 0.29) is 11.3 Å². The number of hydrogen-bond acceptors (Lipinski definition) is 1. The van der Waals surface area contributed by atoms with Gasteiger partial charge in [0.2, 0.25) is 5.91 Å². The number of amides is 1. The number of likely N-dealkylation sites (tertiary alicyclic amines) is 1. The van der Waals surface area contributed by atoms with E-state index in [1.807, 2.05) is 4.90 Å². The van der Waals surface area contributed by atoms with Gasteiger partial charge in [0.05, 0.1) is 0 Å².